The summed E-state index contributed by atoms with van der Waals surface area (Å²) in [6.45, 7) is 2.98. The zero-order valence-electron chi connectivity index (χ0n) is 20.6. The number of aliphatic hydroxyl groups is 1. The Balaban J connectivity index is 1.62. The number of aromatic nitrogens is 4. The van der Waals surface area contributed by atoms with Crippen molar-refractivity contribution in [2.24, 2.45) is 0 Å². The summed E-state index contributed by atoms with van der Waals surface area (Å²) in [7, 11) is -3.28. The Morgan fingerprint density at radius 2 is 1.97 bits per heavy atom. The van der Waals surface area contributed by atoms with Gasteiger partial charge in [0.25, 0.3) is 5.91 Å². The van der Waals surface area contributed by atoms with E-state index >= 15 is 0 Å². The van der Waals surface area contributed by atoms with Crippen molar-refractivity contribution < 1.29 is 22.7 Å². The van der Waals surface area contributed by atoms with E-state index < -0.39 is 27.7 Å². The van der Waals surface area contributed by atoms with Crippen LogP contribution < -0.4 is 10.6 Å². The fraction of sp³-hybridized carbons (Fsp3) is 0.478. The van der Waals surface area contributed by atoms with Crippen molar-refractivity contribution in [1.29, 1.82) is 0 Å². The SMILES string of the molecule is CC(C)(O)C(F)CNC(=O)c1cnc(-c2cnn3cc(Cl)cnc23)cc1NC1CCN(S(C)(=O)=O)CC1. The Morgan fingerprint density at radius 1 is 1.27 bits per heavy atom. The van der Waals surface area contributed by atoms with E-state index in [2.05, 4.69) is 25.7 Å². The molecule has 4 rings (SSSR count). The van der Waals surface area contributed by atoms with E-state index in [1.54, 1.807) is 18.5 Å². The molecule has 3 aromatic heterocycles. The number of hydrogen-bond acceptors (Lipinski definition) is 8. The Morgan fingerprint density at radius 3 is 2.62 bits per heavy atom. The summed E-state index contributed by atoms with van der Waals surface area (Å²) < 4.78 is 40.9. The number of fused-ring (bicyclic) bond motifs is 1. The van der Waals surface area contributed by atoms with E-state index in [4.69, 9.17) is 11.6 Å². The van der Waals surface area contributed by atoms with Gasteiger partial charge >= 0.3 is 0 Å². The fourth-order valence-corrected chi connectivity index (χ4v) is 5.03. The zero-order chi connectivity index (χ0) is 27.0. The number of nitrogens with zero attached hydrogens (tertiary/aromatic N) is 5. The van der Waals surface area contributed by atoms with Gasteiger partial charge in [-0.1, -0.05) is 11.6 Å². The minimum atomic E-state index is -3.28. The van der Waals surface area contributed by atoms with Crippen LogP contribution in [0.25, 0.3) is 16.9 Å². The average Bonchev–Trinajstić information content (AvgIpc) is 3.24. The highest BCUT2D eigenvalue weighted by atomic mass is 35.5. The number of halogens is 2. The molecule has 0 aromatic carbocycles. The monoisotopic (exact) mass is 553 g/mol. The number of sulfonamides is 1. The van der Waals surface area contributed by atoms with E-state index in [0.29, 0.717) is 53.5 Å². The van der Waals surface area contributed by atoms with Crippen LogP contribution in [0.5, 0.6) is 0 Å². The van der Waals surface area contributed by atoms with Crippen molar-refractivity contribution >= 4 is 38.9 Å². The maximum atomic E-state index is 14.2. The van der Waals surface area contributed by atoms with E-state index in [0.717, 1.165) is 0 Å². The van der Waals surface area contributed by atoms with Crippen LogP contribution in [-0.4, -0.2) is 87.0 Å². The number of alkyl halides is 1. The molecule has 0 aliphatic carbocycles. The molecule has 3 aromatic rings. The van der Waals surface area contributed by atoms with E-state index in [9.17, 15) is 22.7 Å². The molecule has 1 fully saturated rings. The van der Waals surface area contributed by atoms with E-state index in [-0.39, 0.29) is 18.2 Å². The number of pyridine rings is 1. The molecular weight excluding hydrogens is 525 g/mol. The first kappa shape index (κ1) is 27.2. The normalized spacial score (nSPS) is 16.6. The number of hydrogen-bond donors (Lipinski definition) is 3. The zero-order valence-corrected chi connectivity index (χ0v) is 22.2. The summed E-state index contributed by atoms with van der Waals surface area (Å²) in [5.41, 5.74) is 0.661. The third-order valence-corrected chi connectivity index (χ3v) is 7.74. The van der Waals surface area contributed by atoms with Gasteiger partial charge in [-0.15, -0.1) is 0 Å². The lowest BCUT2D eigenvalue weighted by Crippen LogP contribution is -2.43. The van der Waals surface area contributed by atoms with Crippen LogP contribution in [-0.2, 0) is 10.0 Å². The van der Waals surface area contributed by atoms with Crippen molar-refractivity contribution in [1.82, 2.24) is 29.2 Å². The molecule has 0 saturated carbocycles. The van der Waals surface area contributed by atoms with Gasteiger partial charge in [0.2, 0.25) is 10.0 Å². The average molecular weight is 554 g/mol. The largest absolute Gasteiger partial charge is 0.387 e. The lowest BCUT2D eigenvalue weighted by atomic mass is 10.0. The maximum Gasteiger partial charge on any atom is 0.255 e. The first-order valence-corrected chi connectivity index (χ1v) is 13.9. The third kappa shape index (κ3) is 6.35. The second-order valence-electron chi connectivity index (χ2n) is 9.63. The minimum absolute atomic E-state index is 0.106. The predicted octanol–water partition coefficient (Wildman–Crippen LogP) is 2.12. The van der Waals surface area contributed by atoms with Crippen LogP contribution in [0.3, 0.4) is 0 Å². The van der Waals surface area contributed by atoms with Crippen LogP contribution in [0, 0.1) is 0 Å². The summed E-state index contributed by atoms with van der Waals surface area (Å²) >= 11 is 6.00. The minimum Gasteiger partial charge on any atom is -0.387 e. The van der Waals surface area contributed by atoms with E-state index in [1.165, 1.54) is 41.3 Å². The Bertz CT molecular complexity index is 1400. The second kappa shape index (κ2) is 10.5. The Kier molecular flexibility index (Phi) is 7.70. The number of piperidine rings is 1. The molecular formula is C23H29ClFN7O4S. The molecule has 200 valence electrons. The number of rotatable bonds is 8. The molecule has 0 spiro atoms. The quantitative estimate of drug-likeness (QED) is 0.385. The predicted molar refractivity (Wildman–Crippen MR) is 138 cm³/mol. The van der Waals surface area contributed by atoms with Gasteiger partial charge in [0.15, 0.2) is 5.65 Å². The molecule has 3 N–H and O–H groups in total. The number of anilines is 1. The first-order valence-electron chi connectivity index (χ1n) is 11.7. The highest BCUT2D eigenvalue weighted by Crippen LogP contribution is 2.28. The smallest absolute Gasteiger partial charge is 0.255 e. The Labute approximate surface area is 219 Å². The molecule has 1 amide bonds. The number of nitrogens with one attached hydrogen (secondary N) is 2. The number of amides is 1. The fourth-order valence-electron chi connectivity index (χ4n) is 4.01. The highest BCUT2D eigenvalue weighted by molar-refractivity contribution is 7.88. The standard InChI is InChI=1S/C23H29ClFN7O4S/c1-23(2,34)20(25)12-28-22(33)17-10-26-18(16-11-29-32-13-14(24)9-27-21(16)32)8-19(17)30-15-4-6-31(7-5-15)37(3,35)36/h8-11,13,15,20,34H,4-7,12H2,1-3H3,(H,26,30)(H,28,33). The van der Waals surface area contributed by atoms with Crippen molar-refractivity contribution in [2.75, 3.05) is 31.2 Å². The molecule has 0 radical (unpaired) electrons. The summed E-state index contributed by atoms with van der Waals surface area (Å²) in [5.74, 6) is -0.563. The van der Waals surface area contributed by atoms with Crippen molar-refractivity contribution in [2.45, 2.75) is 44.5 Å². The van der Waals surface area contributed by atoms with Gasteiger partial charge in [0, 0.05) is 31.5 Å². The van der Waals surface area contributed by atoms with Gasteiger partial charge in [-0.3, -0.25) is 9.78 Å². The van der Waals surface area contributed by atoms with Gasteiger partial charge in [-0.25, -0.2) is 26.6 Å². The van der Waals surface area contributed by atoms with Crippen molar-refractivity contribution in [3.63, 3.8) is 0 Å². The van der Waals surface area contributed by atoms with Crippen molar-refractivity contribution in [3.8, 4) is 11.3 Å². The molecule has 1 aliphatic rings. The Hall–Kier alpha value is -2.87. The van der Waals surface area contributed by atoms with Gasteiger partial charge < -0.3 is 15.7 Å². The topological polar surface area (TPSA) is 142 Å². The molecule has 14 heteroatoms. The molecule has 37 heavy (non-hydrogen) atoms. The maximum absolute atomic E-state index is 14.2. The molecule has 1 saturated heterocycles. The molecule has 1 atom stereocenters. The van der Waals surface area contributed by atoms with Crippen molar-refractivity contribution in [3.05, 3.63) is 41.4 Å². The molecule has 0 bridgehead atoms. The van der Waals surface area contributed by atoms with Crippen LogP contribution in [0.15, 0.2) is 30.9 Å². The van der Waals surface area contributed by atoms with Crippen LogP contribution >= 0.6 is 11.6 Å². The van der Waals surface area contributed by atoms with Gasteiger partial charge in [-0.05, 0) is 32.8 Å². The summed E-state index contributed by atoms with van der Waals surface area (Å²) in [4.78, 5) is 21.8. The molecule has 1 unspecified atom stereocenters. The molecule has 4 heterocycles. The second-order valence-corrected chi connectivity index (χ2v) is 12.0. The molecule has 1 aliphatic heterocycles. The highest BCUT2D eigenvalue weighted by Gasteiger charge is 2.29. The number of carbonyl (C=O) groups excluding carboxylic acids is 1. The summed E-state index contributed by atoms with van der Waals surface area (Å²) in [6.07, 6.45) is 6.66. The lowest BCUT2D eigenvalue weighted by Gasteiger charge is -2.31. The van der Waals surface area contributed by atoms with E-state index in [1.807, 2.05) is 0 Å². The van der Waals surface area contributed by atoms with Crippen LogP contribution in [0.1, 0.15) is 37.0 Å². The third-order valence-electron chi connectivity index (χ3n) is 6.24. The van der Waals surface area contributed by atoms with Crippen LogP contribution in [0.2, 0.25) is 5.02 Å². The van der Waals surface area contributed by atoms with Gasteiger partial charge in [-0.2, -0.15) is 5.10 Å². The molecule has 11 nitrogen and oxygen atoms in total. The van der Waals surface area contributed by atoms with Crippen LogP contribution in [0.4, 0.5) is 10.1 Å². The first-order chi connectivity index (χ1) is 17.3. The number of carbonyl (C=O) groups is 1. The van der Waals surface area contributed by atoms with Gasteiger partial charge in [0.05, 0.1) is 58.3 Å². The summed E-state index contributed by atoms with van der Waals surface area (Å²) in [6, 6.07) is 1.58. The summed E-state index contributed by atoms with van der Waals surface area (Å²) in [5, 5.41) is 20.4. The lowest BCUT2D eigenvalue weighted by molar-refractivity contribution is -0.00177. The van der Waals surface area contributed by atoms with Gasteiger partial charge in [0.1, 0.15) is 6.17 Å².